The van der Waals surface area contributed by atoms with E-state index in [-0.39, 0.29) is 0 Å². The van der Waals surface area contributed by atoms with Gasteiger partial charge in [-0.25, -0.2) is 0 Å². The minimum atomic E-state index is 0.701. The lowest BCUT2D eigenvalue weighted by Gasteiger charge is -2.19. The number of fused-ring (bicyclic) bond motifs is 1. The maximum atomic E-state index is 5.65. The fraction of sp³-hybridized carbons (Fsp3) is 0.455. The average Bonchev–Trinajstić information content (AvgIpc) is 2.20. The highest BCUT2D eigenvalue weighted by atomic mass is 79.9. The molecule has 0 aliphatic carbocycles. The van der Waals surface area contributed by atoms with Crippen LogP contribution >= 0.6 is 15.9 Å². The molecule has 0 radical (unpaired) electrons. The minimum Gasteiger partial charge on any atom is -0.493 e. The lowest BCUT2D eigenvalue weighted by atomic mass is 10.2. The van der Waals surface area contributed by atoms with Gasteiger partial charge in [-0.2, -0.15) is 0 Å². The Kier molecular flexibility index (Phi) is 3.36. The summed E-state index contributed by atoms with van der Waals surface area (Å²) in [5.74, 6) is 2.16. The van der Waals surface area contributed by atoms with Gasteiger partial charge in [0.15, 0.2) is 11.5 Å². The molecule has 82 valence electrons. The van der Waals surface area contributed by atoms with E-state index in [4.69, 9.17) is 14.2 Å². The molecule has 0 saturated carbocycles. The van der Waals surface area contributed by atoms with Crippen LogP contribution in [0.1, 0.15) is 12.8 Å². The predicted octanol–water partition coefficient (Wildman–Crippen LogP) is 3.01. The van der Waals surface area contributed by atoms with Crippen LogP contribution in [0.25, 0.3) is 0 Å². The van der Waals surface area contributed by atoms with Crippen LogP contribution in [0.4, 0.5) is 0 Å². The van der Waals surface area contributed by atoms with Crippen molar-refractivity contribution in [2.75, 3.05) is 20.3 Å². The Bertz CT molecular complexity index is 352. The quantitative estimate of drug-likeness (QED) is 0.787. The Morgan fingerprint density at radius 1 is 1.13 bits per heavy atom. The topological polar surface area (TPSA) is 27.7 Å². The monoisotopic (exact) mass is 272 g/mol. The summed E-state index contributed by atoms with van der Waals surface area (Å²) in [4.78, 5) is 0. The lowest BCUT2D eigenvalue weighted by molar-refractivity contribution is 0.214. The molecule has 0 fully saturated rings. The molecule has 0 spiro atoms. The van der Waals surface area contributed by atoms with Crippen molar-refractivity contribution in [1.29, 1.82) is 0 Å². The third kappa shape index (κ3) is 2.20. The van der Waals surface area contributed by atoms with E-state index in [0.717, 1.165) is 35.4 Å². The van der Waals surface area contributed by atoms with Gasteiger partial charge in [-0.15, -0.1) is 0 Å². The molecule has 0 aromatic heterocycles. The van der Waals surface area contributed by atoms with Crippen molar-refractivity contribution in [2.45, 2.75) is 12.8 Å². The zero-order valence-corrected chi connectivity index (χ0v) is 10.2. The minimum absolute atomic E-state index is 0.701. The van der Waals surface area contributed by atoms with Crippen LogP contribution in [0.3, 0.4) is 0 Å². The van der Waals surface area contributed by atoms with E-state index in [1.165, 1.54) is 0 Å². The standard InChI is InChI=1S/C11H13BrO3/c1-13-9-5-4-8(12)10-11(9)15-7-3-2-6-14-10/h4-5H,2-3,6-7H2,1H3. The van der Waals surface area contributed by atoms with Crippen molar-refractivity contribution in [3.05, 3.63) is 16.6 Å². The smallest absolute Gasteiger partial charge is 0.204 e. The van der Waals surface area contributed by atoms with E-state index < -0.39 is 0 Å². The lowest BCUT2D eigenvalue weighted by Crippen LogP contribution is -2.09. The van der Waals surface area contributed by atoms with Gasteiger partial charge in [-0.3, -0.25) is 0 Å². The SMILES string of the molecule is COc1ccc(Br)c2c1OCCCCO2. The molecule has 4 heteroatoms. The van der Waals surface area contributed by atoms with Gasteiger partial charge in [0, 0.05) is 0 Å². The van der Waals surface area contributed by atoms with Gasteiger partial charge in [0.05, 0.1) is 24.8 Å². The van der Waals surface area contributed by atoms with Crippen LogP contribution < -0.4 is 14.2 Å². The molecule has 15 heavy (non-hydrogen) atoms. The first-order valence-electron chi connectivity index (χ1n) is 4.95. The van der Waals surface area contributed by atoms with E-state index in [2.05, 4.69) is 15.9 Å². The van der Waals surface area contributed by atoms with E-state index in [0.29, 0.717) is 12.4 Å². The maximum Gasteiger partial charge on any atom is 0.204 e. The van der Waals surface area contributed by atoms with Gasteiger partial charge in [-0.1, -0.05) is 0 Å². The van der Waals surface area contributed by atoms with E-state index in [1.54, 1.807) is 7.11 Å². The zero-order chi connectivity index (χ0) is 10.7. The molecule has 0 atom stereocenters. The molecule has 1 heterocycles. The fourth-order valence-corrected chi connectivity index (χ4v) is 1.93. The van der Waals surface area contributed by atoms with Gasteiger partial charge in [0.2, 0.25) is 5.75 Å². The second-order valence-corrected chi connectivity index (χ2v) is 4.17. The molecular formula is C11H13BrO3. The number of benzene rings is 1. The van der Waals surface area contributed by atoms with Gasteiger partial charge in [0.1, 0.15) is 0 Å². The first kappa shape index (κ1) is 10.6. The van der Waals surface area contributed by atoms with Gasteiger partial charge >= 0.3 is 0 Å². The van der Waals surface area contributed by atoms with Crippen molar-refractivity contribution < 1.29 is 14.2 Å². The third-order valence-electron chi connectivity index (χ3n) is 2.28. The van der Waals surface area contributed by atoms with E-state index in [1.807, 2.05) is 12.1 Å². The Hall–Kier alpha value is -0.900. The van der Waals surface area contributed by atoms with E-state index >= 15 is 0 Å². The molecule has 0 unspecified atom stereocenters. The van der Waals surface area contributed by atoms with Crippen molar-refractivity contribution in [1.82, 2.24) is 0 Å². The summed E-state index contributed by atoms with van der Waals surface area (Å²) in [5.41, 5.74) is 0. The fourth-order valence-electron chi connectivity index (χ4n) is 1.51. The van der Waals surface area contributed by atoms with Crippen LogP contribution in [0.15, 0.2) is 16.6 Å². The van der Waals surface area contributed by atoms with Crippen molar-refractivity contribution in [3.8, 4) is 17.2 Å². The Morgan fingerprint density at radius 3 is 2.47 bits per heavy atom. The molecule has 3 nitrogen and oxygen atoms in total. The highest BCUT2D eigenvalue weighted by Gasteiger charge is 2.17. The summed E-state index contributed by atoms with van der Waals surface area (Å²) in [6, 6.07) is 3.77. The Labute approximate surface area is 97.5 Å². The summed E-state index contributed by atoms with van der Waals surface area (Å²) >= 11 is 3.45. The second-order valence-electron chi connectivity index (χ2n) is 3.31. The first-order chi connectivity index (χ1) is 7.33. The molecule has 1 aromatic rings. The summed E-state index contributed by atoms with van der Waals surface area (Å²) in [6.07, 6.45) is 2.03. The molecule has 0 amide bonds. The van der Waals surface area contributed by atoms with Crippen LogP contribution in [0, 0.1) is 0 Å². The summed E-state index contributed by atoms with van der Waals surface area (Å²) < 4.78 is 17.4. The average molecular weight is 273 g/mol. The van der Waals surface area contributed by atoms with Crippen LogP contribution in [-0.2, 0) is 0 Å². The molecule has 0 saturated heterocycles. The molecular weight excluding hydrogens is 260 g/mol. The number of rotatable bonds is 1. The number of halogens is 1. The number of hydrogen-bond donors (Lipinski definition) is 0. The highest BCUT2D eigenvalue weighted by Crippen LogP contribution is 2.43. The van der Waals surface area contributed by atoms with Crippen LogP contribution in [0.2, 0.25) is 0 Å². The van der Waals surface area contributed by atoms with Crippen molar-refractivity contribution in [2.24, 2.45) is 0 Å². The summed E-state index contributed by atoms with van der Waals surface area (Å²) in [5, 5.41) is 0. The summed E-state index contributed by atoms with van der Waals surface area (Å²) in [7, 11) is 1.63. The second kappa shape index (κ2) is 4.75. The molecule has 2 rings (SSSR count). The molecule has 0 bridgehead atoms. The maximum absolute atomic E-state index is 5.65. The Balaban J connectivity index is 2.43. The largest absolute Gasteiger partial charge is 0.493 e. The number of ether oxygens (including phenoxy) is 3. The summed E-state index contributed by atoms with van der Waals surface area (Å²) in [6.45, 7) is 1.44. The van der Waals surface area contributed by atoms with Crippen LogP contribution in [-0.4, -0.2) is 20.3 Å². The predicted molar refractivity (Wildman–Crippen MR) is 60.9 cm³/mol. The van der Waals surface area contributed by atoms with Crippen molar-refractivity contribution >= 4 is 15.9 Å². The van der Waals surface area contributed by atoms with Gasteiger partial charge in [0.25, 0.3) is 0 Å². The van der Waals surface area contributed by atoms with Gasteiger partial charge in [-0.05, 0) is 40.9 Å². The molecule has 0 N–H and O–H groups in total. The zero-order valence-electron chi connectivity index (χ0n) is 8.59. The van der Waals surface area contributed by atoms with Gasteiger partial charge < -0.3 is 14.2 Å². The van der Waals surface area contributed by atoms with Crippen LogP contribution in [0.5, 0.6) is 17.2 Å². The number of hydrogen-bond acceptors (Lipinski definition) is 3. The Morgan fingerprint density at radius 2 is 1.80 bits per heavy atom. The molecule has 1 aliphatic rings. The molecule has 1 aromatic carbocycles. The third-order valence-corrected chi connectivity index (χ3v) is 2.90. The van der Waals surface area contributed by atoms with Crippen molar-refractivity contribution in [3.63, 3.8) is 0 Å². The number of methoxy groups -OCH3 is 1. The highest BCUT2D eigenvalue weighted by molar-refractivity contribution is 9.10. The normalized spacial score (nSPS) is 15.3. The molecule has 1 aliphatic heterocycles. The van der Waals surface area contributed by atoms with E-state index in [9.17, 15) is 0 Å². The first-order valence-corrected chi connectivity index (χ1v) is 5.74.